The van der Waals surface area contributed by atoms with Crippen LogP contribution in [-0.2, 0) is 4.79 Å². The van der Waals surface area contributed by atoms with Gasteiger partial charge in [-0.1, -0.05) is 6.42 Å². The molecule has 0 heterocycles. The molecule has 2 aliphatic rings. The van der Waals surface area contributed by atoms with Crippen LogP contribution >= 0.6 is 0 Å². The zero-order valence-corrected chi connectivity index (χ0v) is 11.7. The van der Waals surface area contributed by atoms with E-state index in [0.29, 0.717) is 12.0 Å². The fourth-order valence-corrected chi connectivity index (χ4v) is 3.53. The van der Waals surface area contributed by atoms with Crippen molar-refractivity contribution < 1.29 is 9.72 Å². The molecule has 0 unspecified atom stereocenters. The van der Waals surface area contributed by atoms with Gasteiger partial charge in [-0.2, -0.15) is 0 Å². The van der Waals surface area contributed by atoms with E-state index >= 15 is 0 Å². The van der Waals surface area contributed by atoms with Crippen molar-refractivity contribution in [3.63, 3.8) is 0 Å². The first-order valence-corrected chi connectivity index (χ1v) is 7.35. The molecule has 1 amide bonds. The minimum atomic E-state index is -0.435. The minimum absolute atomic E-state index is 0.0542. The highest BCUT2D eigenvalue weighted by atomic mass is 16.6. The molecular weight excluding hydrogens is 268 g/mol. The Balaban J connectivity index is 1.55. The van der Waals surface area contributed by atoms with E-state index in [1.807, 2.05) is 0 Å². The van der Waals surface area contributed by atoms with E-state index in [0.717, 1.165) is 17.9 Å². The number of benzene rings is 1. The largest absolute Gasteiger partial charge is 0.350 e. The molecule has 1 aromatic carbocycles. The Morgan fingerprint density at radius 3 is 2.57 bits per heavy atom. The summed E-state index contributed by atoms with van der Waals surface area (Å²) in [4.78, 5) is 22.0. The van der Waals surface area contributed by atoms with E-state index in [2.05, 4.69) is 5.32 Å². The number of carbonyl (C=O) groups is 1. The van der Waals surface area contributed by atoms with Gasteiger partial charge in [0, 0.05) is 24.3 Å². The quantitative estimate of drug-likeness (QED) is 0.525. The van der Waals surface area contributed by atoms with Crippen LogP contribution in [0.4, 0.5) is 5.69 Å². The lowest BCUT2D eigenvalue weighted by atomic mass is 9.95. The summed E-state index contributed by atoms with van der Waals surface area (Å²) in [5.41, 5.74) is 0.835. The second-order valence-electron chi connectivity index (χ2n) is 5.97. The zero-order chi connectivity index (χ0) is 14.8. The molecule has 0 radical (unpaired) electrons. The summed E-state index contributed by atoms with van der Waals surface area (Å²) in [6.45, 7) is 0. The van der Waals surface area contributed by atoms with E-state index in [4.69, 9.17) is 0 Å². The predicted molar refractivity (Wildman–Crippen MR) is 79.5 cm³/mol. The van der Waals surface area contributed by atoms with E-state index in [9.17, 15) is 14.9 Å². The molecule has 3 rings (SSSR count). The Labute approximate surface area is 123 Å². The van der Waals surface area contributed by atoms with Crippen LogP contribution in [0.3, 0.4) is 0 Å². The number of non-ortho nitro benzene ring substituents is 1. The number of hydrogen-bond acceptors (Lipinski definition) is 3. The number of hydrogen-bond donors (Lipinski definition) is 1. The van der Waals surface area contributed by atoms with Crippen LogP contribution in [0.15, 0.2) is 30.3 Å². The molecule has 0 aliphatic heterocycles. The van der Waals surface area contributed by atoms with Gasteiger partial charge in [-0.15, -0.1) is 0 Å². The molecule has 2 fully saturated rings. The second kappa shape index (κ2) is 5.68. The van der Waals surface area contributed by atoms with Crippen LogP contribution in [0, 0.1) is 22.0 Å². The number of rotatable bonds is 4. The highest BCUT2D eigenvalue weighted by Crippen LogP contribution is 2.44. The summed E-state index contributed by atoms with van der Waals surface area (Å²) in [5.74, 6) is 1.39. The highest BCUT2D eigenvalue weighted by Gasteiger charge is 2.39. The maximum Gasteiger partial charge on any atom is 0.269 e. The fraction of sp³-hybridized carbons (Fsp3) is 0.438. The van der Waals surface area contributed by atoms with Gasteiger partial charge in [0.05, 0.1) is 4.92 Å². The average molecular weight is 286 g/mol. The average Bonchev–Trinajstić information content (AvgIpc) is 3.08. The van der Waals surface area contributed by atoms with Crippen molar-refractivity contribution in [3.8, 4) is 0 Å². The Kier molecular flexibility index (Phi) is 3.73. The smallest absolute Gasteiger partial charge is 0.269 e. The van der Waals surface area contributed by atoms with Crippen LogP contribution in [0.1, 0.15) is 31.2 Å². The van der Waals surface area contributed by atoms with Gasteiger partial charge >= 0.3 is 0 Å². The van der Waals surface area contributed by atoms with Gasteiger partial charge in [-0.25, -0.2) is 0 Å². The molecule has 0 saturated heterocycles. The lowest BCUT2D eigenvalue weighted by Gasteiger charge is -2.22. The number of nitro benzene ring substituents is 1. The van der Waals surface area contributed by atoms with Gasteiger partial charge in [0.25, 0.3) is 5.69 Å². The van der Waals surface area contributed by atoms with Crippen LogP contribution in [-0.4, -0.2) is 16.9 Å². The lowest BCUT2D eigenvalue weighted by Crippen LogP contribution is -2.37. The first-order valence-electron chi connectivity index (χ1n) is 7.35. The third-order valence-electron chi connectivity index (χ3n) is 4.60. The van der Waals surface area contributed by atoms with E-state index in [1.165, 1.54) is 37.5 Å². The molecule has 2 bridgehead atoms. The van der Waals surface area contributed by atoms with Gasteiger partial charge in [0.2, 0.25) is 5.91 Å². The number of nitrogens with one attached hydrogen (secondary N) is 1. The Hall–Kier alpha value is -2.17. The third kappa shape index (κ3) is 3.12. The molecule has 3 atom stereocenters. The Bertz CT molecular complexity index is 580. The van der Waals surface area contributed by atoms with Gasteiger partial charge in [-0.05, 0) is 54.9 Å². The summed E-state index contributed by atoms with van der Waals surface area (Å²) in [5, 5.41) is 13.6. The van der Waals surface area contributed by atoms with Gasteiger partial charge in [0.15, 0.2) is 0 Å². The highest BCUT2D eigenvalue weighted by molar-refractivity contribution is 5.92. The van der Waals surface area contributed by atoms with Crippen LogP contribution < -0.4 is 5.32 Å². The SMILES string of the molecule is O=C(C=Cc1ccc([N+](=O)[O-])cc1)N[C@H]1C[C@@H]2CC[C@H]1C2. The molecule has 110 valence electrons. The zero-order valence-electron chi connectivity index (χ0n) is 11.7. The van der Waals surface area contributed by atoms with Crippen molar-refractivity contribution in [1.82, 2.24) is 5.32 Å². The second-order valence-corrected chi connectivity index (χ2v) is 5.97. The third-order valence-corrected chi connectivity index (χ3v) is 4.60. The molecule has 0 spiro atoms. The molecular formula is C16H18N2O3. The lowest BCUT2D eigenvalue weighted by molar-refractivity contribution is -0.384. The molecule has 5 heteroatoms. The molecule has 0 aromatic heterocycles. The van der Waals surface area contributed by atoms with Crippen molar-refractivity contribution >= 4 is 17.7 Å². The molecule has 2 saturated carbocycles. The normalized spacial score (nSPS) is 27.1. The minimum Gasteiger partial charge on any atom is -0.350 e. The molecule has 5 nitrogen and oxygen atoms in total. The van der Waals surface area contributed by atoms with Crippen molar-refractivity contribution in [2.75, 3.05) is 0 Å². The standard InChI is InChI=1S/C16H18N2O3/c19-16(17-15-10-12-1-5-13(15)9-12)8-4-11-2-6-14(7-3-11)18(20)21/h2-4,6-8,12-13,15H,1,5,9-10H2,(H,17,19)/t12-,13+,15+/m1/s1. The maximum atomic E-state index is 11.9. The Morgan fingerprint density at radius 2 is 2.00 bits per heavy atom. The number of amides is 1. The van der Waals surface area contributed by atoms with Crippen LogP contribution in [0.25, 0.3) is 6.08 Å². The summed E-state index contributed by atoms with van der Waals surface area (Å²) in [7, 11) is 0. The summed E-state index contributed by atoms with van der Waals surface area (Å²) in [6, 6.07) is 6.48. The van der Waals surface area contributed by atoms with Crippen molar-refractivity contribution in [2.45, 2.75) is 31.7 Å². The van der Waals surface area contributed by atoms with Crippen molar-refractivity contribution in [1.29, 1.82) is 0 Å². The monoisotopic (exact) mass is 286 g/mol. The van der Waals surface area contributed by atoms with Crippen LogP contribution in [0.5, 0.6) is 0 Å². The van der Waals surface area contributed by atoms with Crippen molar-refractivity contribution in [3.05, 3.63) is 46.0 Å². The molecule has 1 N–H and O–H groups in total. The van der Waals surface area contributed by atoms with E-state index in [-0.39, 0.29) is 11.6 Å². The Morgan fingerprint density at radius 1 is 1.24 bits per heavy atom. The van der Waals surface area contributed by atoms with E-state index in [1.54, 1.807) is 18.2 Å². The van der Waals surface area contributed by atoms with Gasteiger partial charge in [0.1, 0.15) is 0 Å². The molecule has 1 aromatic rings. The predicted octanol–water partition coefficient (Wildman–Crippen LogP) is 2.91. The molecule has 2 aliphatic carbocycles. The molecule has 21 heavy (non-hydrogen) atoms. The fourth-order valence-electron chi connectivity index (χ4n) is 3.53. The maximum absolute atomic E-state index is 11.9. The van der Waals surface area contributed by atoms with Gasteiger partial charge < -0.3 is 5.32 Å². The summed E-state index contributed by atoms with van der Waals surface area (Å²) < 4.78 is 0. The first-order chi connectivity index (χ1) is 10.1. The van der Waals surface area contributed by atoms with Gasteiger partial charge in [-0.3, -0.25) is 14.9 Å². The topological polar surface area (TPSA) is 72.2 Å². The number of nitro groups is 1. The summed E-state index contributed by atoms with van der Waals surface area (Å²) >= 11 is 0. The number of carbonyl (C=O) groups excluding carboxylic acids is 1. The van der Waals surface area contributed by atoms with Crippen molar-refractivity contribution in [2.24, 2.45) is 11.8 Å². The first kappa shape index (κ1) is 13.8. The summed E-state index contributed by atoms with van der Waals surface area (Å²) in [6.07, 6.45) is 8.12. The van der Waals surface area contributed by atoms with Crippen LogP contribution in [0.2, 0.25) is 0 Å². The number of fused-ring (bicyclic) bond motifs is 2. The van der Waals surface area contributed by atoms with E-state index < -0.39 is 4.92 Å². The number of nitrogens with zero attached hydrogens (tertiary/aromatic N) is 1.